The largest absolute Gasteiger partial charge is 0.354 e. The third-order valence-electron chi connectivity index (χ3n) is 5.62. The zero-order valence-electron chi connectivity index (χ0n) is 17.4. The summed E-state index contributed by atoms with van der Waals surface area (Å²) < 4.78 is 3.73. The summed E-state index contributed by atoms with van der Waals surface area (Å²) in [5.74, 6) is -0.0860. The predicted octanol–water partition coefficient (Wildman–Crippen LogP) is 3.70. The van der Waals surface area contributed by atoms with E-state index in [0.29, 0.717) is 17.3 Å². The highest BCUT2D eigenvalue weighted by Crippen LogP contribution is 2.19. The number of rotatable bonds is 6. The number of aromatic nitrogens is 3. The SMILES string of the molecule is O=C(Cn1c2ccccc2c(=O)c2ccccc21)NCCc1ccc(-n2cccn2)cc1. The molecular weight excluding hydrogens is 400 g/mol. The average Bonchev–Trinajstić information content (AvgIpc) is 3.37. The third kappa shape index (κ3) is 3.78. The molecule has 2 aromatic heterocycles. The van der Waals surface area contributed by atoms with Crippen LogP contribution in [0.5, 0.6) is 0 Å². The number of pyridine rings is 1. The van der Waals surface area contributed by atoms with E-state index in [-0.39, 0.29) is 17.9 Å². The van der Waals surface area contributed by atoms with Gasteiger partial charge in [0.05, 0.1) is 16.7 Å². The highest BCUT2D eigenvalue weighted by molar-refractivity contribution is 5.94. The van der Waals surface area contributed by atoms with Crippen LogP contribution < -0.4 is 10.7 Å². The summed E-state index contributed by atoms with van der Waals surface area (Å²) in [5, 5.41) is 8.48. The second-order valence-electron chi connectivity index (χ2n) is 7.67. The molecule has 5 aromatic rings. The van der Waals surface area contributed by atoms with Crippen LogP contribution in [-0.4, -0.2) is 26.8 Å². The summed E-state index contributed by atoms with van der Waals surface area (Å²) >= 11 is 0. The van der Waals surface area contributed by atoms with Crippen molar-refractivity contribution in [2.45, 2.75) is 13.0 Å². The van der Waals surface area contributed by atoms with Crippen LogP contribution in [0.25, 0.3) is 27.5 Å². The van der Waals surface area contributed by atoms with Crippen molar-refractivity contribution >= 4 is 27.7 Å². The number of hydrogen-bond acceptors (Lipinski definition) is 3. The number of para-hydroxylation sites is 2. The number of hydrogen-bond donors (Lipinski definition) is 1. The molecule has 1 amide bonds. The number of carbonyl (C=O) groups is 1. The van der Waals surface area contributed by atoms with E-state index < -0.39 is 0 Å². The van der Waals surface area contributed by atoms with Crippen LogP contribution in [0.1, 0.15) is 5.56 Å². The minimum atomic E-state index is -0.0860. The molecule has 0 atom stereocenters. The fourth-order valence-electron chi connectivity index (χ4n) is 4.03. The van der Waals surface area contributed by atoms with Crippen molar-refractivity contribution in [2.24, 2.45) is 0 Å². The Balaban J connectivity index is 1.30. The van der Waals surface area contributed by atoms with Gasteiger partial charge >= 0.3 is 0 Å². The van der Waals surface area contributed by atoms with E-state index in [0.717, 1.165) is 28.7 Å². The molecule has 0 saturated carbocycles. The molecule has 0 aliphatic carbocycles. The summed E-state index contributed by atoms with van der Waals surface area (Å²) in [7, 11) is 0. The number of amides is 1. The molecule has 0 spiro atoms. The van der Waals surface area contributed by atoms with Crippen molar-refractivity contribution in [2.75, 3.05) is 6.54 Å². The normalized spacial score (nSPS) is 11.1. The number of nitrogens with zero attached hydrogens (tertiary/aromatic N) is 3. The summed E-state index contributed by atoms with van der Waals surface area (Å²) in [6, 6.07) is 24.9. The number of carbonyl (C=O) groups excluding carboxylic acids is 1. The lowest BCUT2D eigenvalue weighted by Crippen LogP contribution is -2.30. The molecule has 6 heteroatoms. The molecule has 0 bridgehead atoms. The molecule has 1 N–H and O–H groups in total. The zero-order chi connectivity index (χ0) is 21.9. The Morgan fingerprint density at radius 3 is 2.12 bits per heavy atom. The molecule has 2 heterocycles. The Bertz CT molecular complexity index is 1390. The monoisotopic (exact) mass is 422 g/mol. The van der Waals surface area contributed by atoms with Gasteiger partial charge in [0.25, 0.3) is 0 Å². The van der Waals surface area contributed by atoms with Crippen LogP contribution in [0.15, 0.2) is 96.1 Å². The maximum absolute atomic E-state index is 12.8. The van der Waals surface area contributed by atoms with E-state index in [9.17, 15) is 9.59 Å². The Kier molecular flexibility index (Phi) is 5.25. The predicted molar refractivity (Wildman–Crippen MR) is 126 cm³/mol. The number of nitrogens with one attached hydrogen (secondary N) is 1. The van der Waals surface area contributed by atoms with Gasteiger partial charge in [-0.15, -0.1) is 0 Å². The Labute approximate surface area is 184 Å². The van der Waals surface area contributed by atoms with Crippen molar-refractivity contribution in [1.29, 1.82) is 0 Å². The van der Waals surface area contributed by atoms with Gasteiger partial charge in [-0.3, -0.25) is 9.59 Å². The average molecular weight is 422 g/mol. The molecule has 0 aliphatic rings. The first-order valence-electron chi connectivity index (χ1n) is 10.6. The van der Waals surface area contributed by atoms with Gasteiger partial charge < -0.3 is 9.88 Å². The lowest BCUT2D eigenvalue weighted by Gasteiger charge is -2.15. The van der Waals surface area contributed by atoms with Crippen LogP contribution in [0.4, 0.5) is 0 Å². The molecule has 0 aliphatic heterocycles. The topological polar surface area (TPSA) is 68.9 Å². The van der Waals surface area contributed by atoms with Gasteiger partial charge in [0.15, 0.2) is 5.43 Å². The smallest absolute Gasteiger partial charge is 0.239 e. The van der Waals surface area contributed by atoms with Gasteiger partial charge in [0.1, 0.15) is 6.54 Å². The molecular formula is C26H22N4O2. The van der Waals surface area contributed by atoms with E-state index in [4.69, 9.17) is 0 Å². The first-order valence-corrected chi connectivity index (χ1v) is 10.6. The van der Waals surface area contributed by atoms with Gasteiger partial charge in [-0.25, -0.2) is 4.68 Å². The molecule has 0 fully saturated rings. The van der Waals surface area contributed by atoms with E-state index in [1.807, 2.05) is 94.3 Å². The first kappa shape index (κ1) is 19.8. The number of fused-ring (bicyclic) bond motifs is 2. The summed E-state index contributed by atoms with van der Waals surface area (Å²) in [6.07, 6.45) is 4.38. The van der Waals surface area contributed by atoms with Gasteiger partial charge in [-0.1, -0.05) is 36.4 Å². The lowest BCUT2D eigenvalue weighted by molar-refractivity contribution is -0.121. The van der Waals surface area contributed by atoms with Crippen LogP contribution >= 0.6 is 0 Å². The molecule has 0 unspecified atom stereocenters. The Morgan fingerprint density at radius 1 is 0.844 bits per heavy atom. The summed E-state index contributed by atoms with van der Waals surface area (Å²) in [4.78, 5) is 25.6. The summed E-state index contributed by atoms with van der Waals surface area (Å²) in [6.45, 7) is 0.690. The van der Waals surface area contributed by atoms with E-state index >= 15 is 0 Å². The fraction of sp³-hybridized carbons (Fsp3) is 0.115. The maximum Gasteiger partial charge on any atom is 0.239 e. The quantitative estimate of drug-likeness (QED) is 0.424. The molecule has 0 radical (unpaired) electrons. The zero-order valence-corrected chi connectivity index (χ0v) is 17.4. The van der Waals surface area contributed by atoms with Crippen molar-refractivity contribution < 1.29 is 4.79 Å². The summed E-state index contributed by atoms with van der Waals surface area (Å²) in [5.41, 5.74) is 3.66. The third-order valence-corrected chi connectivity index (χ3v) is 5.62. The van der Waals surface area contributed by atoms with Crippen LogP contribution in [-0.2, 0) is 17.8 Å². The number of benzene rings is 3. The standard InChI is InChI=1S/C26H22N4O2/c31-25(27-16-14-19-10-12-20(13-11-19)30-17-5-15-28-30)18-29-23-8-3-1-6-21(23)26(32)22-7-2-4-9-24(22)29/h1-13,15,17H,14,16,18H2,(H,27,31). The van der Waals surface area contributed by atoms with Gasteiger partial charge in [-0.05, 0) is 54.4 Å². The van der Waals surface area contributed by atoms with Crippen molar-refractivity contribution in [3.63, 3.8) is 0 Å². The lowest BCUT2D eigenvalue weighted by atomic mass is 10.1. The minimum absolute atomic E-state index is 0.00795. The van der Waals surface area contributed by atoms with Crippen molar-refractivity contribution in [1.82, 2.24) is 19.7 Å². The molecule has 6 nitrogen and oxygen atoms in total. The Morgan fingerprint density at radius 2 is 1.50 bits per heavy atom. The maximum atomic E-state index is 12.8. The fourth-order valence-corrected chi connectivity index (χ4v) is 4.03. The van der Waals surface area contributed by atoms with Crippen LogP contribution in [0.2, 0.25) is 0 Å². The molecule has 5 rings (SSSR count). The van der Waals surface area contributed by atoms with Crippen molar-refractivity contribution in [3.05, 3.63) is 107 Å². The van der Waals surface area contributed by atoms with Crippen LogP contribution in [0, 0.1) is 0 Å². The van der Waals surface area contributed by atoms with Gasteiger partial charge in [-0.2, -0.15) is 5.10 Å². The van der Waals surface area contributed by atoms with Crippen LogP contribution in [0.3, 0.4) is 0 Å². The van der Waals surface area contributed by atoms with E-state index in [2.05, 4.69) is 10.4 Å². The Hall–Kier alpha value is -4.19. The second-order valence-corrected chi connectivity index (χ2v) is 7.67. The molecule has 32 heavy (non-hydrogen) atoms. The highest BCUT2D eigenvalue weighted by Gasteiger charge is 2.12. The minimum Gasteiger partial charge on any atom is -0.354 e. The molecule has 3 aromatic carbocycles. The van der Waals surface area contributed by atoms with Gasteiger partial charge in [0.2, 0.25) is 5.91 Å². The van der Waals surface area contributed by atoms with E-state index in [1.165, 1.54) is 0 Å². The molecule has 158 valence electrons. The van der Waals surface area contributed by atoms with E-state index in [1.54, 1.807) is 6.20 Å². The van der Waals surface area contributed by atoms with Gasteiger partial charge in [0, 0.05) is 29.7 Å². The van der Waals surface area contributed by atoms with Crippen molar-refractivity contribution in [3.8, 4) is 5.69 Å². The second kappa shape index (κ2) is 8.51. The molecule has 0 saturated heterocycles. The first-order chi connectivity index (χ1) is 15.7. The highest BCUT2D eigenvalue weighted by atomic mass is 16.2.